The number of anilines is 1. The third-order valence-corrected chi connectivity index (χ3v) is 3.47. The first-order valence-corrected chi connectivity index (χ1v) is 6.32. The molecule has 0 saturated heterocycles. The first-order valence-electron chi connectivity index (χ1n) is 6.32. The van der Waals surface area contributed by atoms with E-state index >= 15 is 0 Å². The van der Waals surface area contributed by atoms with Crippen molar-refractivity contribution in [1.29, 1.82) is 0 Å². The number of benzene rings is 1. The molecule has 0 aromatic heterocycles. The first kappa shape index (κ1) is 13.3. The van der Waals surface area contributed by atoms with Crippen molar-refractivity contribution in [2.75, 3.05) is 5.32 Å². The molecule has 100 valence electrons. The van der Waals surface area contributed by atoms with Crippen molar-refractivity contribution in [1.82, 2.24) is 0 Å². The zero-order valence-corrected chi connectivity index (χ0v) is 10.8. The first-order chi connectivity index (χ1) is 9.09. The molecule has 1 aromatic rings. The van der Waals surface area contributed by atoms with Gasteiger partial charge >= 0.3 is 0 Å². The number of aliphatic carboxylic acids is 1. The lowest BCUT2D eigenvalue weighted by atomic mass is 9.82. The van der Waals surface area contributed by atoms with Gasteiger partial charge in [-0.2, -0.15) is 0 Å². The average Bonchev–Trinajstić information content (AvgIpc) is 2.41. The van der Waals surface area contributed by atoms with Gasteiger partial charge in [0.25, 0.3) is 0 Å². The smallest absolute Gasteiger partial charge is 0.228 e. The molecule has 0 heterocycles. The van der Waals surface area contributed by atoms with E-state index in [1.165, 1.54) is 0 Å². The van der Waals surface area contributed by atoms with E-state index in [4.69, 9.17) is 0 Å². The molecule has 1 aliphatic carbocycles. The second kappa shape index (κ2) is 5.69. The summed E-state index contributed by atoms with van der Waals surface area (Å²) in [6.07, 6.45) is 4.43. The Labute approximate surface area is 112 Å². The molecule has 1 N–H and O–H groups in total. The molecule has 0 saturated carbocycles. The van der Waals surface area contributed by atoms with Gasteiger partial charge in [0.1, 0.15) is 0 Å². The van der Waals surface area contributed by atoms with Crippen LogP contribution >= 0.6 is 0 Å². The number of carboxylic acids is 1. The molecule has 1 aliphatic rings. The van der Waals surface area contributed by atoms with E-state index in [2.05, 4.69) is 5.32 Å². The van der Waals surface area contributed by atoms with Crippen molar-refractivity contribution in [3.63, 3.8) is 0 Å². The Balaban J connectivity index is 2.13. The normalized spacial score (nSPS) is 21.9. The molecule has 0 radical (unpaired) electrons. The number of para-hydroxylation sites is 1. The molecular formula is C15H16NO3-. The number of carbonyl (C=O) groups is 2. The van der Waals surface area contributed by atoms with Crippen molar-refractivity contribution in [2.45, 2.75) is 19.8 Å². The molecular weight excluding hydrogens is 242 g/mol. The average molecular weight is 258 g/mol. The Morgan fingerprint density at radius 2 is 1.79 bits per heavy atom. The van der Waals surface area contributed by atoms with Crippen molar-refractivity contribution in [3.8, 4) is 0 Å². The Morgan fingerprint density at radius 3 is 2.42 bits per heavy atom. The number of aryl methyl sites for hydroxylation is 1. The minimum absolute atomic E-state index is 0.257. The Hall–Kier alpha value is -2.10. The summed E-state index contributed by atoms with van der Waals surface area (Å²) in [6.45, 7) is 1.90. The van der Waals surface area contributed by atoms with E-state index < -0.39 is 17.8 Å². The number of allylic oxidation sites excluding steroid dienone is 2. The summed E-state index contributed by atoms with van der Waals surface area (Å²) in [5.74, 6) is -2.72. The summed E-state index contributed by atoms with van der Waals surface area (Å²) >= 11 is 0. The van der Waals surface area contributed by atoms with Crippen LogP contribution in [0, 0.1) is 18.8 Å². The fourth-order valence-corrected chi connectivity index (χ4v) is 2.30. The van der Waals surface area contributed by atoms with Gasteiger partial charge in [0.15, 0.2) is 0 Å². The molecule has 0 fully saturated rings. The van der Waals surface area contributed by atoms with Crippen LogP contribution in [0.1, 0.15) is 18.4 Å². The molecule has 4 nitrogen and oxygen atoms in total. The number of carboxylic acid groups (broad SMARTS) is 1. The van der Waals surface area contributed by atoms with Gasteiger partial charge in [0.05, 0.1) is 5.92 Å². The number of hydrogen-bond acceptors (Lipinski definition) is 3. The monoisotopic (exact) mass is 258 g/mol. The highest BCUT2D eigenvalue weighted by molar-refractivity contribution is 5.95. The Kier molecular flexibility index (Phi) is 4.00. The fraction of sp³-hybridized carbons (Fsp3) is 0.333. The molecule has 1 aromatic carbocycles. The van der Waals surface area contributed by atoms with Crippen LogP contribution in [0.2, 0.25) is 0 Å². The predicted molar refractivity (Wildman–Crippen MR) is 70.2 cm³/mol. The summed E-state index contributed by atoms with van der Waals surface area (Å²) in [7, 11) is 0. The standard InChI is InChI=1S/C15H17NO3/c1-10-6-2-5-9-13(10)16-14(17)11-7-3-4-8-12(11)15(18)19/h2-6,9,11-12H,7-8H2,1H3,(H,16,17)(H,18,19)/p-1/t11-,12+/m1/s1. The highest BCUT2D eigenvalue weighted by atomic mass is 16.4. The molecule has 2 atom stereocenters. The zero-order valence-electron chi connectivity index (χ0n) is 10.8. The molecule has 2 rings (SSSR count). The predicted octanol–water partition coefficient (Wildman–Crippen LogP) is 1.27. The minimum atomic E-state index is -1.16. The van der Waals surface area contributed by atoms with Gasteiger partial charge in [0, 0.05) is 17.6 Å². The summed E-state index contributed by atoms with van der Waals surface area (Å²) in [4.78, 5) is 23.3. The van der Waals surface area contributed by atoms with Gasteiger partial charge < -0.3 is 15.2 Å². The number of rotatable bonds is 3. The number of carbonyl (C=O) groups excluding carboxylic acids is 2. The van der Waals surface area contributed by atoms with Crippen molar-refractivity contribution < 1.29 is 14.7 Å². The molecule has 0 aliphatic heterocycles. The number of amides is 1. The van der Waals surface area contributed by atoms with E-state index in [1.807, 2.05) is 31.2 Å². The Bertz CT molecular complexity index is 522. The van der Waals surface area contributed by atoms with E-state index in [0.717, 1.165) is 11.3 Å². The highest BCUT2D eigenvalue weighted by Crippen LogP contribution is 2.27. The van der Waals surface area contributed by atoms with Crippen LogP contribution in [-0.2, 0) is 9.59 Å². The molecule has 0 unspecified atom stereocenters. The molecule has 1 amide bonds. The van der Waals surface area contributed by atoms with Crippen LogP contribution in [0.3, 0.4) is 0 Å². The van der Waals surface area contributed by atoms with E-state index in [1.54, 1.807) is 12.1 Å². The third-order valence-electron chi connectivity index (χ3n) is 3.47. The molecule has 0 bridgehead atoms. The maximum absolute atomic E-state index is 12.2. The SMILES string of the molecule is Cc1ccccc1NC(=O)[C@@H]1CC=CC[C@@H]1C(=O)[O-]. The quantitative estimate of drug-likeness (QED) is 0.830. The number of nitrogens with one attached hydrogen (secondary N) is 1. The summed E-state index contributed by atoms with van der Waals surface area (Å²) in [5.41, 5.74) is 1.67. The number of hydrogen-bond donors (Lipinski definition) is 1. The second-order valence-corrected chi connectivity index (χ2v) is 4.78. The lowest BCUT2D eigenvalue weighted by molar-refractivity contribution is -0.313. The van der Waals surface area contributed by atoms with Crippen molar-refractivity contribution >= 4 is 17.6 Å². The van der Waals surface area contributed by atoms with Gasteiger partial charge in [0.2, 0.25) is 5.91 Å². The minimum Gasteiger partial charge on any atom is -0.550 e. The summed E-state index contributed by atoms with van der Waals surface area (Å²) < 4.78 is 0. The maximum atomic E-state index is 12.2. The van der Waals surface area contributed by atoms with E-state index in [0.29, 0.717) is 12.8 Å². The van der Waals surface area contributed by atoms with Gasteiger partial charge in [-0.1, -0.05) is 30.4 Å². The van der Waals surface area contributed by atoms with Crippen LogP contribution in [0.5, 0.6) is 0 Å². The van der Waals surface area contributed by atoms with Gasteiger partial charge in [-0.15, -0.1) is 0 Å². The topological polar surface area (TPSA) is 69.2 Å². The fourth-order valence-electron chi connectivity index (χ4n) is 2.30. The van der Waals surface area contributed by atoms with Gasteiger partial charge in [-0.05, 0) is 31.4 Å². The van der Waals surface area contributed by atoms with Crippen LogP contribution in [-0.4, -0.2) is 11.9 Å². The second-order valence-electron chi connectivity index (χ2n) is 4.78. The third kappa shape index (κ3) is 3.02. The van der Waals surface area contributed by atoms with Gasteiger partial charge in [-0.25, -0.2) is 0 Å². The van der Waals surface area contributed by atoms with Gasteiger partial charge in [-0.3, -0.25) is 4.79 Å². The largest absolute Gasteiger partial charge is 0.550 e. The zero-order chi connectivity index (χ0) is 13.8. The van der Waals surface area contributed by atoms with Crippen LogP contribution in [0.4, 0.5) is 5.69 Å². The van der Waals surface area contributed by atoms with Crippen LogP contribution in [0.15, 0.2) is 36.4 Å². The van der Waals surface area contributed by atoms with E-state index in [-0.39, 0.29) is 5.91 Å². The summed E-state index contributed by atoms with van der Waals surface area (Å²) in [5, 5.41) is 13.9. The van der Waals surface area contributed by atoms with E-state index in [9.17, 15) is 14.7 Å². The maximum Gasteiger partial charge on any atom is 0.228 e. The van der Waals surface area contributed by atoms with Crippen LogP contribution in [0.25, 0.3) is 0 Å². The lowest BCUT2D eigenvalue weighted by Gasteiger charge is -2.28. The van der Waals surface area contributed by atoms with Crippen molar-refractivity contribution in [3.05, 3.63) is 42.0 Å². The molecule has 0 spiro atoms. The Morgan fingerprint density at radius 1 is 1.16 bits per heavy atom. The molecule has 4 heteroatoms. The molecule has 19 heavy (non-hydrogen) atoms. The lowest BCUT2D eigenvalue weighted by Crippen LogP contribution is -2.41. The highest BCUT2D eigenvalue weighted by Gasteiger charge is 2.29. The summed E-state index contributed by atoms with van der Waals surface area (Å²) in [6, 6.07) is 7.42. The van der Waals surface area contributed by atoms with Crippen LogP contribution < -0.4 is 10.4 Å². The van der Waals surface area contributed by atoms with Crippen molar-refractivity contribution in [2.24, 2.45) is 11.8 Å².